The zero-order valence-corrected chi connectivity index (χ0v) is 16.4. The molecular weight excluding hydrogens is 368 g/mol. The molecule has 30 heavy (non-hydrogen) atoms. The van der Waals surface area contributed by atoms with E-state index >= 15 is 0 Å². The van der Waals surface area contributed by atoms with Crippen LogP contribution in [-0.4, -0.2) is 11.6 Å². The second-order valence-electron chi connectivity index (χ2n) is 6.89. The Morgan fingerprint density at radius 3 is 1.00 bits per heavy atom. The Labute approximate surface area is 176 Å². The van der Waals surface area contributed by atoms with Crippen molar-refractivity contribution in [3.05, 3.63) is 132 Å². The van der Waals surface area contributed by atoms with Gasteiger partial charge in [0, 0.05) is 11.1 Å². The Hall–Kier alpha value is -4.04. The van der Waals surface area contributed by atoms with Crippen LogP contribution in [0.3, 0.4) is 0 Å². The molecule has 0 fully saturated rings. The topological polar surface area (TPSA) is 34.1 Å². The molecule has 0 saturated heterocycles. The van der Waals surface area contributed by atoms with Gasteiger partial charge in [-0.1, -0.05) is 109 Å². The summed E-state index contributed by atoms with van der Waals surface area (Å²) in [6.45, 7) is 0. The summed E-state index contributed by atoms with van der Waals surface area (Å²) in [5.41, 5.74) is 6.09. The molecule has 0 unspecified atom stereocenters. The molecule has 0 aromatic heterocycles. The van der Waals surface area contributed by atoms with Gasteiger partial charge < -0.3 is 0 Å². The minimum atomic E-state index is -0.0924. The molecule has 0 saturated carbocycles. The fourth-order valence-corrected chi connectivity index (χ4v) is 3.47. The van der Waals surface area contributed by atoms with Crippen molar-refractivity contribution in [2.75, 3.05) is 0 Å². The molecule has 0 spiro atoms. The highest BCUT2D eigenvalue weighted by atomic mass is 16.1. The normalized spacial score (nSPS) is 12.0. The molecule has 1 aliphatic carbocycles. The van der Waals surface area contributed by atoms with E-state index in [-0.39, 0.29) is 11.6 Å². The SMILES string of the molecule is O=C1C=CC(=O)c2ccccc21.c1ccc(-c2ccccc2-c2ccccc2)cc1. The molecule has 0 atom stereocenters. The number of carbonyl (C=O) groups is 2. The fraction of sp³-hybridized carbons (Fsp3) is 0. The first-order valence-corrected chi connectivity index (χ1v) is 9.79. The molecule has 1 aliphatic rings. The van der Waals surface area contributed by atoms with Crippen molar-refractivity contribution >= 4 is 11.6 Å². The van der Waals surface area contributed by atoms with Gasteiger partial charge in [0.05, 0.1) is 0 Å². The molecule has 0 heterocycles. The minimum absolute atomic E-state index is 0.0924. The lowest BCUT2D eigenvalue weighted by Gasteiger charge is -2.09. The van der Waals surface area contributed by atoms with Crippen LogP contribution in [0.5, 0.6) is 0 Å². The summed E-state index contributed by atoms with van der Waals surface area (Å²) in [4.78, 5) is 22.4. The van der Waals surface area contributed by atoms with Crippen LogP contribution < -0.4 is 0 Å². The van der Waals surface area contributed by atoms with E-state index in [0.717, 1.165) is 0 Å². The molecule has 2 nitrogen and oxygen atoms in total. The van der Waals surface area contributed by atoms with E-state index in [2.05, 4.69) is 84.9 Å². The average Bonchev–Trinajstić information content (AvgIpc) is 2.83. The van der Waals surface area contributed by atoms with Crippen molar-refractivity contribution in [1.29, 1.82) is 0 Å². The molecule has 144 valence electrons. The van der Waals surface area contributed by atoms with E-state index in [0.29, 0.717) is 11.1 Å². The molecule has 0 N–H and O–H groups in total. The molecule has 0 aliphatic heterocycles. The number of hydrogen-bond donors (Lipinski definition) is 0. The average molecular weight is 388 g/mol. The summed E-state index contributed by atoms with van der Waals surface area (Å²) in [7, 11) is 0. The third kappa shape index (κ3) is 4.18. The van der Waals surface area contributed by atoms with Gasteiger partial charge in [-0.3, -0.25) is 9.59 Å². The molecular formula is C28H20O2. The van der Waals surface area contributed by atoms with Crippen molar-refractivity contribution in [3.8, 4) is 22.3 Å². The number of allylic oxidation sites excluding steroid dienone is 2. The summed E-state index contributed by atoms with van der Waals surface area (Å²) in [6.07, 6.45) is 2.62. The second kappa shape index (κ2) is 8.97. The molecule has 0 amide bonds. The van der Waals surface area contributed by atoms with Crippen LogP contribution in [0.4, 0.5) is 0 Å². The summed E-state index contributed by atoms with van der Waals surface area (Å²) in [5.74, 6) is -0.185. The fourth-order valence-electron chi connectivity index (χ4n) is 3.47. The highest BCUT2D eigenvalue weighted by Crippen LogP contribution is 2.31. The summed E-state index contributed by atoms with van der Waals surface area (Å²) in [5, 5.41) is 0. The van der Waals surface area contributed by atoms with Crippen LogP contribution in [0, 0.1) is 0 Å². The maximum atomic E-state index is 11.2. The molecule has 2 heteroatoms. The van der Waals surface area contributed by atoms with E-state index in [1.165, 1.54) is 34.4 Å². The Balaban J connectivity index is 0.000000158. The van der Waals surface area contributed by atoms with Crippen molar-refractivity contribution in [2.24, 2.45) is 0 Å². The van der Waals surface area contributed by atoms with E-state index in [4.69, 9.17) is 0 Å². The zero-order chi connectivity index (χ0) is 20.8. The van der Waals surface area contributed by atoms with Crippen molar-refractivity contribution in [1.82, 2.24) is 0 Å². The van der Waals surface area contributed by atoms with Crippen molar-refractivity contribution in [3.63, 3.8) is 0 Å². The van der Waals surface area contributed by atoms with Crippen LogP contribution in [0.1, 0.15) is 20.7 Å². The standard InChI is InChI=1S/C18H14.C10H6O2/c1-3-9-15(10-4-1)17-13-7-8-14-18(17)16-11-5-2-6-12-16;11-9-5-6-10(12)8-4-2-1-3-7(8)9/h1-14H;1-6H. The van der Waals surface area contributed by atoms with Crippen LogP contribution >= 0.6 is 0 Å². The lowest BCUT2D eigenvalue weighted by molar-refractivity contribution is 0.0994. The summed E-state index contributed by atoms with van der Waals surface area (Å²) in [6, 6.07) is 36.4. The molecule has 4 aromatic rings. The van der Waals surface area contributed by atoms with E-state index in [1.54, 1.807) is 24.3 Å². The Bertz CT molecular complexity index is 1110. The van der Waals surface area contributed by atoms with Gasteiger partial charge in [0.1, 0.15) is 0 Å². The van der Waals surface area contributed by atoms with Crippen LogP contribution in [0.2, 0.25) is 0 Å². The van der Waals surface area contributed by atoms with Gasteiger partial charge >= 0.3 is 0 Å². The molecule has 5 rings (SSSR count). The first kappa shape index (κ1) is 19.3. The van der Waals surface area contributed by atoms with Gasteiger partial charge in [-0.05, 0) is 34.4 Å². The monoisotopic (exact) mass is 388 g/mol. The number of hydrogen-bond acceptors (Lipinski definition) is 2. The van der Waals surface area contributed by atoms with E-state index < -0.39 is 0 Å². The minimum Gasteiger partial charge on any atom is -0.289 e. The molecule has 0 radical (unpaired) electrons. The Kier molecular flexibility index (Phi) is 5.77. The second-order valence-corrected chi connectivity index (χ2v) is 6.89. The predicted octanol–water partition coefficient (Wildman–Crippen LogP) is 6.64. The summed E-state index contributed by atoms with van der Waals surface area (Å²) < 4.78 is 0. The lowest BCUT2D eigenvalue weighted by atomic mass is 9.95. The van der Waals surface area contributed by atoms with Gasteiger partial charge in [-0.2, -0.15) is 0 Å². The van der Waals surface area contributed by atoms with Crippen LogP contribution in [-0.2, 0) is 0 Å². The number of carbonyl (C=O) groups excluding carboxylic acids is 2. The van der Waals surface area contributed by atoms with Gasteiger partial charge in [-0.15, -0.1) is 0 Å². The van der Waals surface area contributed by atoms with Gasteiger partial charge in [0.2, 0.25) is 0 Å². The molecule has 4 aromatic carbocycles. The van der Waals surface area contributed by atoms with E-state index in [1.807, 2.05) is 0 Å². The first-order valence-electron chi connectivity index (χ1n) is 9.79. The van der Waals surface area contributed by atoms with Gasteiger partial charge in [-0.25, -0.2) is 0 Å². The largest absolute Gasteiger partial charge is 0.289 e. The third-order valence-electron chi connectivity index (χ3n) is 4.94. The van der Waals surface area contributed by atoms with Gasteiger partial charge in [0.15, 0.2) is 11.6 Å². The van der Waals surface area contributed by atoms with Crippen molar-refractivity contribution in [2.45, 2.75) is 0 Å². The Morgan fingerprint density at radius 2 is 0.633 bits per heavy atom. The Morgan fingerprint density at radius 1 is 0.333 bits per heavy atom. The quantitative estimate of drug-likeness (QED) is 0.386. The van der Waals surface area contributed by atoms with Crippen molar-refractivity contribution < 1.29 is 9.59 Å². The zero-order valence-electron chi connectivity index (χ0n) is 16.4. The van der Waals surface area contributed by atoms with Crippen LogP contribution in [0.25, 0.3) is 22.3 Å². The third-order valence-corrected chi connectivity index (χ3v) is 4.94. The maximum Gasteiger partial charge on any atom is 0.186 e. The highest BCUT2D eigenvalue weighted by molar-refractivity contribution is 6.21. The van der Waals surface area contributed by atoms with Gasteiger partial charge in [0.25, 0.3) is 0 Å². The predicted molar refractivity (Wildman–Crippen MR) is 122 cm³/mol. The number of ketones is 2. The first-order chi connectivity index (χ1) is 14.7. The maximum absolute atomic E-state index is 11.2. The number of fused-ring (bicyclic) bond motifs is 1. The number of rotatable bonds is 2. The van der Waals surface area contributed by atoms with E-state index in [9.17, 15) is 9.59 Å². The number of benzene rings is 4. The highest BCUT2D eigenvalue weighted by Gasteiger charge is 2.17. The summed E-state index contributed by atoms with van der Waals surface area (Å²) >= 11 is 0. The smallest absolute Gasteiger partial charge is 0.186 e. The van der Waals surface area contributed by atoms with Crippen LogP contribution in [0.15, 0.2) is 121 Å². The lowest BCUT2D eigenvalue weighted by Crippen LogP contribution is -2.10. The molecule has 0 bridgehead atoms.